The van der Waals surface area contributed by atoms with Gasteiger partial charge in [-0.05, 0) is 25.7 Å². The minimum absolute atomic E-state index is 0.132. The van der Waals surface area contributed by atoms with Crippen molar-refractivity contribution in [3.05, 3.63) is 12.2 Å². The number of carbonyl (C=O) groups excluding carboxylic acids is 2. The quantitative estimate of drug-likeness (QED) is 0.0341. The van der Waals surface area contributed by atoms with Crippen LogP contribution in [0.1, 0.15) is 168 Å². The van der Waals surface area contributed by atoms with E-state index in [1.165, 1.54) is 103 Å². The summed E-state index contributed by atoms with van der Waals surface area (Å²) >= 11 is 0. The van der Waals surface area contributed by atoms with E-state index < -0.39 is 32.5 Å². The first-order valence-electron chi connectivity index (χ1n) is 17.0. The van der Waals surface area contributed by atoms with Crippen LogP contribution < -0.4 is 0 Å². The molecule has 0 saturated heterocycles. The zero-order valence-electron chi connectivity index (χ0n) is 26.9. The fourth-order valence-corrected chi connectivity index (χ4v) is 5.10. The number of hydrogen-bond donors (Lipinski definition) is 2. The maximum atomic E-state index is 12.3. The summed E-state index contributed by atoms with van der Waals surface area (Å²) in [7, 11) is -4.74. The second-order valence-electron chi connectivity index (χ2n) is 11.5. The summed E-state index contributed by atoms with van der Waals surface area (Å²) in [4.78, 5) is 42.4. The minimum Gasteiger partial charge on any atom is -0.462 e. The molecular weight excluding hydrogens is 555 g/mol. The summed E-state index contributed by atoms with van der Waals surface area (Å²) in [5.74, 6) is -0.941. The predicted octanol–water partition coefficient (Wildman–Crippen LogP) is 9.51. The van der Waals surface area contributed by atoms with Crippen LogP contribution in [0.25, 0.3) is 0 Å². The molecule has 0 bridgehead atoms. The number of unbranched alkanes of at least 4 members (excludes halogenated alkanes) is 19. The molecule has 0 aromatic rings. The van der Waals surface area contributed by atoms with E-state index in [1.54, 1.807) is 0 Å². The molecule has 0 amide bonds. The van der Waals surface area contributed by atoms with Crippen molar-refractivity contribution in [3.8, 4) is 0 Å². The molecule has 248 valence electrons. The number of carbonyl (C=O) groups is 2. The topological polar surface area (TPSA) is 119 Å². The van der Waals surface area contributed by atoms with Gasteiger partial charge in [0.2, 0.25) is 0 Å². The molecule has 42 heavy (non-hydrogen) atoms. The molecule has 8 nitrogen and oxygen atoms in total. The smallest absolute Gasteiger partial charge is 0.462 e. The number of phosphoric ester groups is 1. The molecule has 0 radical (unpaired) electrons. The Morgan fingerprint density at radius 3 is 1.55 bits per heavy atom. The van der Waals surface area contributed by atoms with E-state index in [-0.39, 0.29) is 19.4 Å². The summed E-state index contributed by atoms with van der Waals surface area (Å²) in [6.45, 7) is 3.61. The highest BCUT2D eigenvalue weighted by Crippen LogP contribution is 2.35. The van der Waals surface area contributed by atoms with Gasteiger partial charge in [-0.1, -0.05) is 142 Å². The molecule has 0 aliphatic rings. The van der Waals surface area contributed by atoms with Crippen molar-refractivity contribution in [1.29, 1.82) is 0 Å². The predicted molar refractivity (Wildman–Crippen MR) is 170 cm³/mol. The molecule has 0 spiro atoms. The third-order valence-corrected chi connectivity index (χ3v) is 7.78. The molecule has 0 aromatic carbocycles. The van der Waals surface area contributed by atoms with Gasteiger partial charge >= 0.3 is 19.8 Å². The highest BCUT2D eigenvalue weighted by atomic mass is 31.2. The van der Waals surface area contributed by atoms with Gasteiger partial charge in [0.15, 0.2) is 6.10 Å². The van der Waals surface area contributed by atoms with Gasteiger partial charge in [-0.3, -0.25) is 14.1 Å². The molecule has 0 rings (SSSR count). The first kappa shape index (κ1) is 40.8. The van der Waals surface area contributed by atoms with Gasteiger partial charge in [0.25, 0.3) is 0 Å². The van der Waals surface area contributed by atoms with Crippen LogP contribution in [0.4, 0.5) is 0 Å². The zero-order chi connectivity index (χ0) is 31.2. The molecule has 0 aromatic heterocycles. The van der Waals surface area contributed by atoms with Crippen molar-refractivity contribution in [1.82, 2.24) is 0 Å². The van der Waals surface area contributed by atoms with Crippen LogP contribution in [0.3, 0.4) is 0 Å². The van der Waals surface area contributed by atoms with E-state index in [4.69, 9.17) is 19.3 Å². The zero-order valence-corrected chi connectivity index (χ0v) is 27.8. The van der Waals surface area contributed by atoms with Gasteiger partial charge in [-0.15, -0.1) is 0 Å². The van der Waals surface area contributed by atoms with Crippen molar-refractivity contribution in [2.24, 2.45) is 0 Å². The Morgan fingerprint density at radius 2 is 1.05 bits per heavy atom. The number of phosphoric acid groups is 1. The number of ether oxygens (including phenoxy) is 2. The Labute approximate surface area is 257 Å². The maximum absolute atomic E-state index is 12.3. The lowest BCUT2D eigenvalue weighted by atomic mass is 10.1. The van der Waals surface area contributed by atoms with Crippen LogP contribution in [-0.2, 0) is 28.2 Å². The summed E-state index contributed by atoms with van der Waals surface area (Å²) in [6, 6.07) is 0. The van der Waals surface area contributed by atoms with E-state index in [0.29, 0.717) is 6.42 Å². The Bertz CT molecular complexity index is 706. The Morgan fingerprint density at radius 1 is 0.595 bits per heavy atom. The van der Waals surface area contributed by atoms with E-state index in [0.717, 1.165) is 32.1 Å². The molecule has 0 saturated carbocycles. The average Bonchev–Trinajstić information content (AvgIpc) is 2.95. The van der Waals surface area contributed by atoms with Crippen LogP contribution in [0.15, 0.2) is 12.2 Å². The fraction of sp³-hybridized carbons (Fsp3) is 0.879. The molecule has 2 N–H and O–H groups in total. The largest absolute Gasteiger partial charge is 0.469 e. The van der Waals surface area contributed by atoms with Crippen molar-refractivity contribution < 1.29 is 37.9 Å². The Kier molecular flexibility index (Phi) is 29.0. The number of allylic oxidation sites excluding steroid dienone is 2. The first-order chi connectivity index (χ1) is 20.3. The van der Waals surface area contributed by atoms with Crippen molar-refractivity contribution in [2.75, 3.05) is 13.2 Å². The van der Waals surface area contributed by atoms with Crippen LogP contribution in [0, 0.1) is 0 Å². The van der Waals surface area contributed by atoms with Crippen LogP contribution >= 0.6 is 7.82 Å². The lowest BCUT2D eigenvalue weighted by Crippen LogP contribution is -2.29. The van der Waals surface area contributed by atoms with E-state index >= 15 is 0 Å². The van der Waals surface area contributed by atoms with Gasteiger partial charge in [0.1, 0.15) is 6.61 Å². The third kappa shape index (κ3) is 31.7. The van der Waals surface area contributed by atoms with Gasteiger partial charge in [-0.2, -0.15) is 0 Å². The molecule has 1 atom stereocenters. The third-order valence-electron chi connectivity index (χ3n) is 7.30. The highest BCUT2D eigenvalue weighted by Gasteiger charge is 2.22. The lowest BCUT2D eigenvalue weighted by Gasteiger charge is -2.18. The van der Waals surface area contributed by atoms with Crippen molar-refractivity contribution in [3.63, 3.8) is 0 Å². The Hall–Kier alpha value is -1.21. The second kappa shape index (κ2) is 29.8. The molecule has 0 fully saturated rings. The van der Waals surface area contributed by atoms with Gasteiger partial charge in [-0.25, -0.2) is 4.57 Å². The maximum Gasteiger partial charge on any atom is 0.469 e. The molecule has 0 aliphatic carbocycles. The lowest BCUT2D eigenvalue weighted by molar-refractivity contribution is -0.161. The summed E-state index contributed by atoms with van der Waals surface area (Å²) in [5.41, 5.74) is 0. The van der Waals surface area contributed by atoms with E-state index in [9.17, 15) is 14.2 Å². The van der Waals surface area contributed by atoms with Gasteiger partial charge in [0, 0.05) is 12.8 Å². The summed E-state index contributed by atoms with van der Waals surface area (Å²) in [5, 5.41) is 0. The minimum atomic E-state index is -4.74. The van der Waals surface area contributed by atoms with Crippen LogP contribution in [-0.4, -0.2) is 41.0 Å². The second-order valence-corrected chi connectivity index (χ2v) is 12.7. The van der Waals surface area contributed by atoms with Crippen molar-refractivity contribution >= 4 is 19.8 Å². The first-order valence-corrected chi connectivity index (χ1v) is 18.5. The molecule has 9 heteroatoms. The number of esters is 2. The summed E-state index contributed by atoms with van der Waals surface area (Å²) in [6.07, 6.45) is 29.5. The average molecular weight is 619 g/mol. The SMILES string of the molecule is CCCCCCCCCCCCC/C=C/CCC(=O)O[C@H](COC(=O)CCCCCCCCCCC)COP(=O)(O)O. The number of hydrogen-bond acceptors (Lipinski definition) is 6. The monoisotopic (exact) mass is 618 g/mol. The van der Waals surface area contributed by atoms with Gasteiger partial charge in [0.05, 0.1) is 6.61 Å². The molecule has 0 heterocycles. The summed E-state index contributed by atoms with van der Waals surface area (Å²) < 4.78 is 26.1. The normalized spacial score (nSPS) is 12.6. The standard InChI is InChI=1S/C33H63O8P/c1-3-5-7-9-11-13-14-15-16-17-18-20-22-24-26-28-33(35)41-31(30-40-42(36,37)38)29-39-32(34)27-25-23-21-19-12-10-8-6-4-2/h22,24,31H,3-21,23,25-30H2,1-2H3,(H2,36,37,38)/b24-22+/t31-/m1/s1. The molecule has 0 aliphatic heterocycles. The molecular formula is C33H63O8P. The fourth-order valence-electron chi connectivity index (χ4n) is 4.74. The van der Waals surface area contributed by atoms with Crippen LogP contribution in [0.5, 0.6) is 0 Å². The van der Waals surface area contributed by atoms with Crippen molar-refractivity contribution in [2.45, 2.75) is 174 Å². The highest BCUT2D eigenvalue weighted by molar-refractivity contribution is 7.46. The van der Waals surface area contributed by atoms with Crippen LogP contribution in [0.2, 0.25) is 0 Å². The van der Waals surface area contributed by atoms with Gasteiger partial charge < -0.3 is 19.3 Å². The van der Waals surface area contributed by atoms with E-state index in [2.05, 4.69) is 24.4 Å². The van der Waals surface area contributed by atoms with E-state index in [1.807, 2.05) is 6.08 Å². The number of rotatable bonds is 31. The molecule has 0 unspecified atom stereocenters. The Balaban J connectivity index is 4.03.